The van der Waals surface area contributed by atoms with Crippen LogP contribution in [0.25, 0.3) is 0 Å². The van der Waals surface area contributed by atoms with Crippen LogP contribution in [0.15, 0.2) is 30.3 Å². The highest BCUT2D eigenvalue weighted by molar-refractivity contribution is 6.30. The number of aromatic nitrogens is 2. The van der Waals surface area contributed by atoms with Crippen molar-refractivity contribution in [3.63, 3.8) is 0 Å². The Morgan fingerprint density at radius 2 is 1.91 bits per heavy atom. The molecule has 5 nitrogen and oxygen atoms in total. The molecule has 0 aliphatic carbocycles. The van der Waals surface area contributed by atoms with Crippen LogP contribution >= 0.6 is 11.6 Å². The lowest BCUT2D eigenvalue weighted by Gasteiger charge is -2.36. The summed E-state index contributed by atoms with van der Waals surface area (Å²) in [6.07, 6.45) is 0. The molecule has 1 saturated heterocycles. The molecule has 1 aliphatic rings. The largest absolute Gasteiger partial charge is 0.368 e. The van der Waals surface area contributed by atoms with Crippen molar-refractivity contribution in [1.82, 2.24) is 14.7 Å². The molecule has 6 heteroatoms. The van der Waals surface area contributed by atoms with Gasteiger partial charge in [0.05, 0.1) is 5.69 Å². The quantitative estimate of drug-likeness (QED) is 0.853. The molecule has 1 aromatic heterocycles. The minimum absolute atomic E-state index is 0.0499. The summed E-state index contributed by atoms with van der Waals surface area (Å²) in [6.45, 7) is 4.92. The van der Waals surface area contributed by atoms with Crippen molar-refractivity contribution in [1.29, 1.82) is 0 Å². The van der Waals surface area contributed by atoms with Gasteiger partial charge in [0.15, 0.2) is 0 Å². The second-order valence-electron chi connectivity index (χ2n) is 5.55. The average Bonchev–Trinajstić information content (AvgIpc) is 2.85. The number of anilines is 1. The Kier molecular flexibility index (Phi) is 4.07. The molecular weight excluding hydrogens is 300 g/mol. The predicted molar refractivity (Wildman–Crippen MR) is 87.5 cm³/mol. The van der Waals surface area contributed by atoms with Crippen LogP contribution in [0.1, 0.15) is 16.2 Å². The SMILES string of the molecule is Cc1cc(C(=O)N2CCN(c3cccc(Cl)c3)CC2)n(C)n1. The molecule has 0 spiro atoms. The zero-order valence-electron chi connectivity index (χ0n) is 12.8. The number of benzene rings is 1. The molecule has 0 bridgehead atoms. The summed E-state index contributed by atoms with van der Waals surface area (Å²) in [7, 11) is 1.81. The maximum atomic E-state index is 12.6. The Morgan fingerprint density at radius 3 is 2.50 bits per heavy atom. The van der Waals surface area contributed by atoms with Crippen molar-refractivity contribution in [2.24, 2.45) is 7.05 Å². The van der Waals surface area contributed by atoms with Crippen LogP contribution in [0.5, 0.6) is 0 Å². The number of piperazine rings is 1. The van der Waals surface area contributed by atoms with Crippen LogP contribution in [-0.4, -0.2) is 46.8 Å². The first-order valence-electron chi connectivity index (χ1n) is 7.35. The van der Waals surface area contributed by atoms with Gasteiger partial charge in [-0.1, -0.05) is 17.7 Å². The Balaban J connectivity index is 1.67. The normalized spacial score (nSPS) is 15.2. The van der Waals surface area contributed by atoms with E-state index in [4.69, 9.17) is 11.6 Å². The lowest BCUT2D eigenvalue weighted by molar-refractivity contribution is 0.0735. The van der Waals surface area contributed by atoms with Crippen molar-refractivity contribution < 1.29 is 4.79 Å². The summed E-state index contributed by atoms with van der Waals surface area (Å²) in [5, 5.41) is 4.98. The number of rotatable bonds is 2. The van der Waals surface area contributed by atoms with Gasteiger partial charge in [0, 0.05) is 43.9 Å². The first kappa shape index (κ1) is 14.9. The summed E-state index contributed by atoms with van der Waals surface area (Å²) in [5.41, 5.74) is 2.62. The van der Waals surface area contributed by atoms with Gasteiger partial charge in [-0.05, 0) is 31.2 Å². The molecule has 1 aliphatic heterocycles. The number of carbonyl (C=O) groups excluding carboxylic acids is 1. The van der Waals surface area contributed by atoms with Crippen LogP contribution in [0.3, 0.4) is 0 Å². The number of nitrogens with zero attached hydrogens (tertiary/aromatic N) is 4. The maximum Gasteiger partial charge on any atom is 0.272 e. The molecule has 0 N–H and O–H groups in total. The van der Waals surface area contributed by atoms with E-state index in [2.05, 4.69) is 10.00 Å². The van der Waals surface area contributed by atoms with E-state index in [1.165, 1.54) is 0 Å². The van der Waals surface area contributed by atoms with E-state index in [9.17, 15) is 4.79 Å². The van der Waals surface area contributed by atoms with Crippen molar-refractivity contribution in [2.75, 3.05) is 31.1 Å². The van der Waals surface area contributed by atoms with Gasteiger partial charge in [-0.2, -0.15) is 5.10 Å². The summed E-state index contributed by atoms with van der Waals surface area (Å²) in [4.78, 5) is 16.7. The molecule has 2 aromatic rings. The first-order chi connectivity index (χ1) is 10.5. The molecule has 1 fully saturated rings. The number of amides is 1. The van der Waals surface area contributed by atoms with Gasteiger partial charge >= 0.3 is 0 Å². The number of carbonyl (C=O) groups is 1. The molecule has 1 amide bonds. The Bertz CT molecular complexity index is 689. The van der Waals surface area contributed by atoms with E-state index < -0.39 is 0 Å². The molecule has 2 heterocycles. The van der Waals surface area contributed by atoms with Gasteiger partial charge in [-0.15, -0.1) is 0 Å². The van der Waals surface area contributed by atoms with E-state index >= 15 is 0 Å². The maximum absolute atomic E-state index is 12.6. The number of hydrogen-bond acceptors (Lipinski definition) is 3. The van der Waals surface area contributed by atoms with E-state index in [1.807, 2.05) is 49.2 Å². The Morgan fingerprint density at radius 1 is 1.18 bits per heavy atom. The summed E-state index contributed by atoms with van der Waals surface area (Å²) in [6, 6.07) is 9.67. The molecule has 116 valence electrons. The fourth-order valence-corrected chi connectivity index (χ4v) is 3.00. The Hall–Kier alpha value is -2.01. The summed E-state index contributed by atoms with van der Waals surface area (Å²) < 4.78 is 1.65. The monoisotopic (exact) mass is 318 g/mol. The predicted octanol–water partition coefficient (Wildman–Crippen LogP) is 2.34. The fraction of sp³-hybridized carbons (Fsp3) is 0.375. The minimum atomic E-state index is 0.0499. The molecule has 0 atom stereocenters. The standard InChI is InChI=1S/C16H19ClN4O/c1-12-10-15(19(2)18-12)16(22)21-8-6-20(7-9-21)14-5-3-4-13(17)11-14/h3-5,10-11H,6-9H2,1-2H3. The Labute approximate surface area is 135 Å². The van der Waals surface area contributed by atoms with E-state index in [0.717, 1.165) is 29.5 Å². The highest BCUT2D eigenvalue weighted by Crippen LogP contribution is 2.21. The average molecular weight is 319 g/mol. The third-order valence-electron chi connectivity index (χ3n) is 3.96. The first-order valence-corrected chi connectivity index (χ1v) is 7.73. The van der Waals surface area contributed by atoms with Gasteiger partial charge < -0.3 is 9.80 Å². The van der Waals surface area contributed by atoms with Gasteiger partial charge in [-0.3, -0.25) is 9.48 Å². The summed E-state index contributed by atoms with van der Waals surface area (Å²) >= 11 is 6.04. The van der Waals surface area contributed by atoms with Crippen molar-refractivity contribution >= 4 is 23.2 Å². The highest BCUT2D eigenvalue weighted by Gasteiger charge is 2.24. The van der Waals surface area contributed by atoms with Crippen molar-refractivity contribution in [3.05, 3.63) is 46.7 Å². The number of halogens is 1. The highest BCUT2D eigenvalue weighted by atomic mass is 35.5. The third-order valence-corrected chi connectivity index (χ3v) is 4.20. The lowest BCUT2D eigenvalue weighted by Crippen LogP contribution is -2.49. The zero-order valence-corrected chi connectivity index (χ0v) is 13.5. The van der Waals surface area contributed by atoms with Gasteiger partial charge in [0.1, 0.15) is 5.69 Å². The van der Waals surface area contributed by atoms with E-state index in [1.54, 1.807) is 4.68 Å². The van der Waals surface area contributed by atoms with E-state index in [0.29, 0.717) is 18.8 Å². The third kappa shape index (κ3) is 2.95. The fourth-order valence-electron chi connectivity index (χ4n) is 2.81. The molecule has 0 unspecified atom stereocenters. The van der Waals surface area contributed by atoms with Crippen molar-refractivity contribution in [3.8, 4) is 0 Å². The molecule has 1 aromatic carbocycles. The van der Waals surface area contributed by atoms with Crippen LogP contribution in [-0.2, 0) is 7.05 Å². The van der Waals surface area contributed by atoms with Gasteiger partial charge in [0.25, 0.3) is 5.91 Å². The van der Waals surface area contributed by atoms with Gasteiger partial charge in [0.2, 0.25) is 0 Å². The second kappa shape index (κ2) is 6.01. The van der Waals surface area contributed by atoms with Crippen molar-refractivity contribution in [2.45, 2.75) is 6.92 Å². The van der Waals surface area contributed by atoms with Crippen LogP contribution < -0.4 is 4.90 Å². The topological polar surface area (TPSA) is 41.4 Å². The molecule has 3 rings (SSSR count). The van der Waals surface area contributed by atoms with Crippen LogP contribution in [0, 0.1) is 6.92 Å². The minimum Gasteiger partial charge on any atom is -0.368 e. The molecule has 0 radical (unpaired) electrons. The number of aryl methyl sites for hydroxylation is 2. The van der Waals surface area contributed by atoms with Crippen LogP contribution in [0.2, 0.25) is 5.02 Å². The van der Waals surface area contributed by atoms with E-state index in [-0.39, 0.29) is 5.91 Å². The van der Waals surface area contributed by atoms with Crippen LogP contribution in [0.4, 0.5) is 5.69 Å². The smallest absolute Gasteiger partial charge is 0.272 e. The molecule has 0 saturated carbocycles. The summed E-state index contributed by atoms with van der Waals surface area (Å²) in [5.74, 6) is 0.0499. The number of hydrogen-bond donors (Lipinski definition) is 0. The zero-order chi connectivity index (χ0) is 15.7. The lowest BCUT2D eigenvalue weighted by atomic mass is 10.2. The van der Waals surface area contributed by atoms with Gasteiger partial charge in [-0.25, -0.2) is 0 Å². The molecule has 22 heavy (non-hydrogen) atoms. The molecular formula is C16H19ClN4O. The second-order valence-corrected chi connectivity index (χ2v) is 5.99.